The summed E-state index contributed by atoms with van der Waals surface area (Å²) in [6.07, 6.45) is 3.95. The number of aromatic carboxylic acids is 1. The van der Waals surface area contributed by atoms with Gasteiger partial charge in [-0.25, -0.2) is 4.79 Å². The first kappa shape index (κ1) is 25.0. The van der Waals surface area contributed by atoms with E-state index >= 15 is 0 Å². The number of aromatic nitrogens is 3. The van der Waals surface area contributed by atoms with Crippen molar-refractivity contribution in [3.05, 3.63) is 81.5 Å². The smallest absolute Gasteiger partial charge is 0.345 e. The van der Waals surface area contributed by atoms with E-state index in [2.05, 4.69) is 32.5 Å². The summed E-state index contributed by atoms with van der Waals surface area (Å²) in [4.78, 5) is 32.7. The van der Waals surface area contributed by atoms with Gasteiger partial charge in [-0.2, -0.15) is 0 Å². The fraction of sp³-hybridized carbons (Fsp3) is 0.240. The van der Waals surface area contributed by atoms with Crippen molar-refractivity contribution < 1.29 is 15.0 Å². The maximum atomic E-state index is 12.3. The van der Waals surface area contributed by atoms with Crippen LogP contribution < -0.4 is 5.56 Å². The molecule has 3 N–H and O–H groups in total. The summed E-state index contributed by atoms with van der Waals surface area (Å²) >= 11 is 0. The van der Waals surface area contributed by atoms with Crippen LogP contribution >= 0.6 is 12.4 Å². The Morgan fingerprint density at radius 3 is 2.50 bits per heavy atom. The van der Waals surface area contributed by atoms with Gasteiger partial charge in [0.15, 0.2) is 5.56 Å². The molecule has 0 aliphatic carbocycles. The van der Waals surface area contributed by atoms with E-state index in [9.17, 15) is 19.8 Å². The van der Waals surface area contributed by atoms with E-state index < -0.39 is 22.8 Å². The average molecular weight is 483 g/mol. The van der Waals surface area contributed by atoms with Gasteiger partial charge in [-0.05, 0) is 54.9 Å². The Labute approximate surface area is 202 Å². The molecule has 34 heavy (non-hydrogen) atoms. The Morgan fingerprint density at radius 1 is 1.15 bits per heavy atom. The third-order valence-corrected chi connectivity index (χ3v) is 5.92. The number of H-pyrrole nitrogens is 1. The number of halogens is 1. The summed E-state index contributed by atoms with van der Waals surface area (Å²) in [7, 11) is 4.08. The van der Waals surface area contributed by atoms with Crippen molar-refractivity contribution in [1.29, 1.82) is 0 Å². The number of aryl methyl sites for hydroxylation is 1. The van der Waals surface area contributed by atoms with Crippen LogP contribution in [0, 0.1) is 0 Å². The minimum atomic E-state index is -1.45. The summed E-state index contributed by atoms with van der Waals surface area (Å²) in [5, 5.41) is 20.7. The number of nitrogens with zero attached hydrogens (tertiary/aromatic N) is 3. The lowest BCUT2D eigenvalue weighted by molar-refractivity contribution is 0.0691. The highest BCUT2D eigenvalue weighted by Crippen LogP contribution is 2.32. The van der Waals surface area contributed by atoms with Gasteiger partial charge in [-0.3, -0.25) is 14.7 Å². The number of carboxylic acid groups (broad SMARTS) is 1. The van der Waals surface area contributed by atoms with Gasteiger partial charge in [0, 0.05) is 54.7 Å². The van der Waals surface area contributed by atoms with Crippen molar-refractivity contribution >= 4 is 29.3 Å². The molecule has 0 fully saturated rings. The summed E-state index contributed by atoms with van der Waals surface area (Å²) in [6, 6.07) is 11.9. The second-order valence-corrected chi connectivity index (χ2v) is 8.19. The lowest BCUT2D eigenvalue weighted by atomic mass is 9.99. The molecule has 178 valence electrons. The van der Waals surface area contributed by atoms with Crippen LogP contribution in [0.4, 0.5) is 0 Å². The first-order chi connectivity index (χ1) is 15.8. The van der Waals surface area contributed by atoms with Crippen LogP contribution in [0.2, 0.25) is 0 Å². The zero-order chi connectivity index (χ0) is 23.7. The molecule has 4 aromatic rings. The zero-order valence-corrected chi connectivity index (χ0v) is 20.0. The number of aromatic amines is 1. The normalized spacial score (nSPS) is 11.1. The highest BCUT2D eigenvalue weighted by atomic mass is 35.5. The second kappa shape index (κ2) is 10.1. The largest absolute Gasteiger partial charge is 0.506 e. The molecule has 1 aromatic carbocycles. The van der Waals surface area contributed by atoms with Crippen molar-refractivity contribution in [2.24, 2.45) is 7.05 Å². The molecule has 0 amide bonds. The molecule has 4 rings (SSSR count). The van der Waals surface area contributed by atoms with Crippen LogP contribution in [-0.2, 0) is 26.6 Å². The number of fused-ring (bicyclic) bond motifs is 1. The molecule has 0 bridgehead atoms. The van der Waals surface area contributed by atoms with Crippen LogP contribution in [0.25, 0.3) is 22.2 Å². The fourth-order valence-corrected chi connectivity index (χ4v) is 4.26. The average Bonchev–Trinajstić information content (AvgIpc) is 3.08. The molecule has 0 saturated carbocycles. The van der Waals surface area contributed by atoms with Gasteiger partial charge in [0.1, 0.15) is 5.75 Å². The van der Waals surface area contributed by atoms with Gasteiger partial charge in [0.2, 0.25) is 0 Å². The van der Waals surface area contributed by atoms with Gasteiger partial charge in [0.25, 0.3) is 5.56 Å². The summed E-state index contributed by atoms with van der Waals surface area (Å²) in [6.45, 7) is 3.35. The molecule has 0 saturated heterocycles. The van der Waals surface area contributed by atoms with Crippen LogP contribution in [-0.4, -0.2) is 42.7 Å². The molecular weight excluding hydrogens is 456 g/mol. The predicted molar refractivity (Wildman–Crippen MR) is 134 cm³/mol. The zero-order valence-electron chi connectivity index (χ0n) is 19.2. The summed E-state index contributed by atoms with van der Waals surface area (Å²) in [5.74, 6) is -1.93. The van der Waals surface area contributed by atoms with E-state index in [1.165, 1.54) is 5.56 Å². The number of hydrogen-bond acceptors (Lipinski definition) is 5. The van der Waals surface area contributed by atoms with Gasteiger partial charge < -0.3 is 19.8 Å². The third kappa shape index (κ3) is 4.69. The van der Waals surface area contributed by atoms with Gasteiger partial charge >= 0.3 is 5.97 Å². The van der Waals surface area contributed by atoms with Crippen LogP contribution in [0.3, 0.4) is 0 Å². The molecular formula is C25H27ClN4O4. The van der Waals surface area contributed by atoms with E-state index in [-0.39, 0.29) is 12.4 Å². The molecule has 8 nitrogen and oxygen atoms in total. The minimum absolute atomic E-state index is 0. The van der Waals surface area contributed by atoms with Gasteiger partial charge in [-0.15, -0.1) is 12.4 Å². The van der Waals surface area contributed by atoms with E-state index in [1.54, 1.807) is 19.3 Å². The number of hydrogen-bond donors (Lipinski definition) is 3. The van der Waals surface area contributed by atoms with Crippen molar-refractivity contribution in [2.75, 3.05) is 7.05 Å². The number of carbonyl (C=O) groups is 1. The van der Waals surface area contributed by atoms with Crippen LogP contribution in [0.5, 0.6) is 5.75 Å². The number of carboxylic acids is 1. The molecule has 3 aromatic heterocycles. The predicted octanol–water partition coefficient (Wildman–Crippen LogP) is 3.95. The highest BCUT2D eigenvalue weighted by molar-refractivity contribution is 5.92. The topological polar surface area (TPSA) is 111 Å². The maximum Gasteiger partial charge on any atom is 0.345 e. The Bertz CT molecular complexity index is 1400. The highest BCUT2D eigenvalue weighted by Gasteiger charge is 2.22. The Kier molecular flexibility index (Phi) is 7.44. The van der Waals surface area contributed by atoms with Gasteiger partial charge in [-0.1, -0.05) is 13.0 Å². The molecule has 0 aliphatic heterocycles. The Hall–Kier alpha value is -3.62. The van der Waals surface area contributed by atoms with E-state index in [1.807, 2.05) is 37.4 Å². The standard InChI is InChI=1S/C25H26N4O4.ClH/c1-4-19-22(27-24(31)21(23(19)30)25(32)33)16-5-6-20-17(11-16)12-18(29(20)3)14-28(2)13-15-7-9-26-10-8-15;/h5-12H,4,13-14H2,1-3H3,(H,32,33)(H2,27,30,31);1H. The lowest BCUT2D eigenvalue weighted by Gasteiger charge is -2.17. The quantitative estimate of drug-likeness (QED) is 0.368. The number of pyridine rings is 2. The molecule has 9 heteroatoms. The molecule has 0 unspecified atom stereocenters. The molecule has 0 spiro atoms. The van der Waals surface area contributed by atoms with Crippen molar-refractivity contribution in [3.63, 3.8) is 0 Å². The van der Waals surface area contributed by atoms with Crippen molar-refractivity contribution in [2.45, 2.75) is 26.4 Å². The van der Waals surface area contributed by atoms with Crippen molar-refractivity contribution in [1.82, 2.24) is 19.4 Å². The first-order valence-corrected chi connectivity index (χ1v) is 10.7. The number of benzene rings is 1. The second-order valence-electron chi connectivity index (χ2n) is 8.19. The Morgan fingerprint density at radius 2 is 1.85 bits per heavy atom. The summed E-state index contributed by atoms with van der Waals surface area (Å²) in [5.41, 5.74) is 3.46. The lowest BCUT2D eigenvalue weighted by Crippen LogP contribution is -2.20. The molecule has 0 atom stereocenters. The Balaban J connectivity index is 0.00000324. The molecule has 0 radical (unpaired) electrons. The molecule has 3 heterocycles. The van der Waals surface area contributed by atoms with Gasteiger partial charge in [0.05, 0.1) is 5.69 Å². The van der Waals surface area contributed by atoms with Crippen LogP contribution in [0.15, 0.2) is 53.6 Å². The van der Waals surface area contributed by atoms with E-state index in [0.717, 1.165) is 29.7 Å². The number of rotatable bonds is 7. The van der Waals surface area contributed by atoms with Crippen molar-refractivity contribution in [3.8, 4) is 17.0 Å². The van der Waals surface area contributed by atoms with Crippen LogP contribution in [0.1, 0.15) is 34.1 Å². The number of aromatic hydroxyl groups is 1. The van der Waals surface area contributed by atoms with E-state index in [4.69, 9.17) is 0 Å². The maximum absolute atomic E-state index is 12.3. The summed E-state index contributed by atoms with van der Waals surface area (Å²) < 4.78 is 2.14. The minimum Gasteiger partial charge on any atom is -0.506 e. The SMILES string of the molecule is CCc1c(-c2ccc3c(c2)cc(CN(C)Cc2ccncc2)n3C)[nH]c(=O)c(C(=O)O)c1O.Cl. The third-order valence-electron chi connectivity index (χ3n) is 5.92. The first-order valence-electron chi connectivity index (χ1n) is 10.7. The fourth-order valence-electron chi connectivity index (χ4n) is 4.26. The monoisotopic (exact) mass is 482 g/mol. The van der Waals surface area contributed by atoms with E-state index in [0.29, 0.717) is 23.2 Å². The number of nitrogens with one attached hydrogen (secondary N) is 1. The molecule has 0 aliphatic rings.